The molecule has 26 heavy (non-hydrogen) atoms. The lowest BCUT2D eigenvalue weighted by atomic mass is 10.0. The van der Waals surface area contributed by atoms with E-state index in [9.17, 15) is 4.79 Å². The fraction of sp³-hybridized carbons (Fsp3) is 0.409. The maximum absolute atomic E-state index is 13.2. The van der Waals surface area contributed by atoms with Crippen LogP contribution < -0.4 is 15.0 Å². The number of rotatable bonds is 6. The smallest absolute Gasteiger partial charge is 0.229 e. The highest BCUT2D eigenvalue weighted by Crippen LogP contribution is 2.33. The molecule has 1 saturated carbocycles. The lowest BCUT2D eigenvalue weighted by molar-refractivity contribution is -0.119. The van der Waals surface area contributed by atoms with Gasteiger partial charge in [-0.05, 0) is 49.4 Å². The lowest BCUT2D eigenvalue weighted by Crippen LogP contribution is -2.35. The molecule has 1 amide bonds. The van der Waals surface area contributed by atoms with E-state index < -0.39 is 0 Å². The second-order valence-corrected chi connectivity index (χ2v) is 7.23. The predicted octanol–water partition coefficient (Wildman–Crippen LogP) is 3.93. The Morgan fingerprint density at radius 2 is 1.88 bits per heavy atom. The van der Waals surface area contributed by atoms with E-state index in [1.165, 1.54) is 18.4 Å². The Morgan fingerprint density at radius 1 is 1.12 bits per heavy atom. The zero-order valence-electron chi connectivity index (χ0n) is 15.1. The van der Waals surface area contributed by atoms with Gasteiger partial charge in [-0.1, -0.05) is 42.5 Å². The standard InChI is InChI=1S/C22H26N2O2/c25-22(24-13-6-14-26-21-10-5-4-9-20(21)24)15-19(23-16-17-11-12-17)18-7-2-1-3-8-18/h1-5,7-10,17,19,23H,6,11-16H2/t19-/m0/s1. The molecule has 0 radical (unpaired) electrons. The number of fused-ring (bicyclic) bond motifs is 1. The minimum absolute atomic E-state index is 0.0561. The van der Waals surface area contributed by atoms with Gasteiger partial charge in [0.05, 0.1) is 12.3 Å². The van der Waals surface area contributed by atoms with Crippen molar-refractivity contribution in [2.75, 3.05) is 24.6 Å². The van der Waals surface area contributed by atoms with E-state index in [1.54, 1.807) is 0 Å². The van der Waals surface area contributed by atoms with Crippen LogP contribution in [0.15, 0.2) is 54.6 Å². The molecular weight excluding hydrogens is 324 g/mol. The van der Waals surface area contributed by atoms with Gasteiger partial charge in [-0.25, -0.2) is 0 Å². The SMILES string of the molecule is O=C(C[C@H](NCC1CC1)c1ccccc1)N1CCCOc2ccccc21. The lowest BCUT2D eigenvalue weighted by Gasteiger charge is -2.25. The summed E-state index contributed by atoms with van der Waals surface area (Å²) in [5.41, 5.74) is 2.07. The molecule has 136 valence electrons. The molecule has 4 heteroatoms. The van der Waals surface area contributed by atoms with Crippen LogP contribution in [-0.2, 0) is 4.79 Å². The summed E-state index contributed by atoms with van der Waals surface area (Å²) < 4.78 is 5.80. The van der Waals surface area contributed by atoms with Crippen LogP contribution in [0, 0.1) is 5.92 Å². The first-order valence-electron chi connectivity index (χ1n) is 9.62. The van der Waals surface area contributed by atoms with Crippen molar-refractivity contribution in [2.24, 2.45) is 5.92 Å². The number of para-hydroxylation sites is 2. The number of benzene rings is 2. The molecule has 4 nitrogen and oxygen atoms in total. The summed E-state index contributed by atoms with van der Waals surface area (Å²) in [6, 6.07) is 18.2. The van der Waals surface area contributed by atoms with Gasteiger partial charge < -0.3 is 15.0 Å². The summed E-state index contributed by atoms with van der Waals surface area (Å²) in [4.78, 5) is 15.1. The average Bonchev–Trinajstić information content (AvgIpc) is 3.52. The van der Waals surface area contributed by atoms with Crippen molar-refractivity contribution in [2.45, 2.75) is 31.7 Å². The van der Waals surface area contributed by atoms with E-state index in [1.807, 2.05) is 47.4 Å². The molecule has 0 bridgehead atoms. The second-order valence-electron chi connectivity index (χ2n) is 7.23. The van der Waals surface area contributed by atoms with E-state index in [0.717, 1.165) is 30.3 Å². The number of amides is 1. The number of nitrogens with zero attached hydrogens (tertiary/aromatic N) is 1. The molecule has 1 aliphatic carbocycles. The number of nitrogens with one attached hydrogen (secondary N) is 1. The van der Waals surface area contributed by atoms with E-state index in [4.69, 9.17) is 4.74 Å². The van der Waals surface area contributed by atoms with Gasteiger partial charge in [0.15, 0.2) is 0 Å². The molecule has 1 atom stereocenters. The van der Waals surface area contributed by atoms with E-state index in [-0.39, 0.29) is 11.9 Å². The Balaban J connectivity index is 1.52. The third-order valence-electron chi connectivity index (χ3n) is 5.17. The predicted molar refractivity (Wildman–Crippen MR) is 103 cm³/mol. The quantitative estimate of drug-likeness (QED) is 0.858. The van der Waals surface area contributed by atoms with Crippen LogP contribution in [0.5, 0.6) is 5.75 Å². The van der Waals surface area contributed by atoms with Crippen molar-refractivity contribution < 1.29 is 9.53 Å². The molecule has 0 aromatic heterocycles. The number of hydrogen-bond acceptors (Lipinski definition) is 3. The van der Waals surface area contributed by atoms with Crippen molar-refractivity contribution in [3.63, 3.8) is 0 Å². The highest BCUT2D eigenvalue weighted by atomic mass is 16.5. The monoisotopic (exact) mass is 350 g/mol. The maximum atomic E-state index is 13.2. The molecule has 0 unspecified atom stereocenters. The summed E-state index contributed by atoms with van der Waals surface area (Å²) in [5, 5.41) is 3.63. The van der Waals surface area contributed by atoms with Crippen LogP contribution in [0.25, 0.3) is 0 Å². The average molecular weight is 350 g/mol. The van der Waals surface area contributed by atoms with Crippen LogP contribution in [0.4, 0.5) is 5.69 Å². The number of anilines is 1. The molecule has 1 fully saturated rings. The summed E-state index contributed by atoms with van der Waals surface area (Å²) in [6.45, 7) is 2.36. The molecular formula is C22H26N2O2. The number of ether oxygens (including phenoxy) is 1. The molecule has 2 aromatic rings. The minimum atomic E-state index is 0.0561. The largest absolute Gasteiger partial charge is 0.491 e. The first-order chi connectivity index (χ1) is 12.8. The topological polar surface area (TPSA) is 41.6 Å². The third-order valence-corrected chi connectivity index (χ3v) is 5.17. The van der Waals surface area contributed by atoms with Gasteiger partial charge >= 0.3 is 0 Å². The van der Waals surface area contributed by atoms with E-state index >= 15 is 0 Å². The van der Waals surface area contributed by atoms with Crippen LogP contribution in [0.1, 0.15) is 37.3 Å². The Kier molecular flexibility index (Phi) is 5.21. The van der Waals surface area contributed by atoms with Gasteiger partial charge in [0.1, 0.15) is 5.75 Å². The number of carbonyl (C=O) groups is 1. The van der Waals surface area contributed by atoms with Gasteiger partial charge in [0.2, 0.25) is 5.91 Å². The van der Waals surface area contributed by atoms with E-state index in [2.05, 4.69) is 17.4 Å². The number of hydrogen-bond donors (Lipinski definition) is 1. The summed E-state index contributed by atoms with van der Waals surface area (Å²) >= 11 is 0. The zero-order valence-corrected chi connectivity index (χ0v) is 15.1. The summed E-state index contributed by atoms with van der Waals surface area (Å²) in [7, 11) is 0. The van der Waals surface area contributed by atoms with E-state index in [0.29, 0.717) is 19.6 Å². The molecule has 1 N–H and O–H groups in total. The van der Waals surface area contributed by atoms with Gasteiger partial charge in [0, 0.05) is 19.0 Å². The fourth-order valence-corrected chi connectivity index (χ4v) is 3.50. The first-order valence-corrected chi connectivity index (χ1v) is 9.62. The van der Waals surface area contributed by atoms with Crippen molar-refractivity contribution in [3.05, 3.63) is 60.2 Å². The first kappa shape index (κ1) is 17.1. The Bertz CT molecular complexity index is 743. The molecule has 1 aliphatic heterocycles. The second kappa shape index (κ2) is 7.92. The van der Waals surface area contributed by atoms with Gasteiger partial charge in [-0.3, -0.25) is 4.79 Å². The molecule has 0 saturated heterocycles. The normalized spacial score (nSPS) is 17.8. The van der Waals surface area contributed by atoms with Crippen LogP contribution in [-0.4, -0.2) is 25.6 Å². The van der Waals surface area contributed by atoms with Crippen molar-refractivity contribution in [1.82, 2.24) is 5.32 Å². The maximum Gasteiger partial charge on any atom is 0.229 e. The highest BCUT2D eigenvalue weighted by molar-refractivity contribution is 5.95. The molecule has 2 aromatic carbocycles. The molecule has 2 aliphatic rings. The molecule has 0 spiro atoms. The van der Waals surface area contributed by atoms with Gasteiger partial charge in [-0.15, -0.1) is 0 Å². The van der Waals surface area contributed by atoms with Gasteiger partial charge in [0.25, 0.3) is 0 Å². The molecule has 4 rings (SSSR count). The Morgan fingerprint density at radius 3 is 2.69 bits per heavy atom. The zero-order chi connectivity index (χ0) is 17.8. The minimum Gasteiger partial charge on any atom is -0.491 e. The van der Waals surface area contributed by atoms with Crippen LogP contribution >= 0.6 is 0 Å². The Labute approximate surface area is 155 Å². The fourth-order valence-electron chi connectivity index (χ4n) is 3.50. The van der Waals surface area contributed by atoms with Crippen molar-refractivity contribution in [3.8, 4) is 5.75 Å². The van der Waals surface area contributed by atoms with Gasteiger partial charge in [-0.2, -0.15) is 0 Å². The van der Waals surface area contributed by atoms with Crippen molar-refractivity contribution >= 4 is 11.6 Å². The highest BCUT2D eigenvalue weighted by Gasteiger charge is 2.27. The third kappa shape index (κ3) is 4.07. The Hall–Kier alpha value is -2.33. The van der Waals surface area contributed by atoms with Crippen LogP contribution in [0.2, 0.25) is 0 Å². The van der Waals surface area contributed by atoms with Crippen molar-refractivity contribution in [1.29, 1.82) is 0 Å². The summed E-state index contributed by atoms with van der Waals surface area (Å²) in [5.74, 6) is 1.74. The van der Waals surface area contributed by atoms with Crippen LogP contribution in [0.3, 0.4) is 0 Å². The molecule has 1 heterocycles. The number of carbonyl (C=O) groups excluding carboxylic acids is 1. The summed E-state index contributed by atoms with van der Waals surface area (Å²) in [6.07, 6.45) is 3.93.